The molecule has 3 aromatic rings. The maximum atomic E-state index is 12.8. The number of hydrogen-bond acceptors (Lipinski definition) is 3. The fraction of sp³-hybridized carbons (Fsp3) is 0.190. The predicted molar refractivity (Wildman–Crippen MR) is 94.3 cm³/mol. The second kappa shape index (κ2) is 5.68. The number of rotatable bonds is 3. The summed E-state index contributed by atoms with van der Waals surface area (Å²) in [5.74, 6) is 1.76. The molecule has 0 unspecified atom stereocenters. The molecule has 1 atom stereocenters. The number of Topliss-reactive ketones (excluding diaryl/α,β-unsaturated/α-hetero) is 1. The number of ether oxygens (including phenoxy) is 2. The zero-order valence-electron chi connectivity index (χ0n) is 13.7. The molecule has 0 aliphatic heterocycles. The Morgan fingerprint density at radius 2 is 1.58 bits per heavy atom. The van der Waals surface area contributed by atoms with E-state index in [-0.39, 0.29) is 11.7 Å². The molecule has 4 rings (SSSR count). The van der Waals surface area contributed by atoms with E-state index in [9.17, 15) is 4.79 Å². The van der Waals surface area contributed by atoms with Crippen LogP contribution >= 0.6 is 0 Å². The molecular weight excluding hydrogens is 300 g/mol. The molecular formula is C21H18O3. The van der Waals surface area contributed by atoms with E-state index >= 15 is 0 Å². The summed E-state index contributed by atoms with van der Waals surface area (Å²) in [5, 5.41) is 1.92. The van der Waals surface area contributed by atoms with Gasteiger partial charge >= 0.3 is 0 Å². The van der Waals surface area contributed by atoms with Gasteiger partial charge in [-0.15, -0.1) is 0 Å². The second-order valence-corrected chi connectivity index (χ2v) is 6.01. The van der Waals surface area contributed by atoms with Crippen LogP contribution in [0.1, 0.15) is 33.8 Å². The number of ketones is 1. The molecule has 0 bridgehead atoms. The van der Waals surface area contributed by atoms with Crippen molar-refractivity contribution in [2.75, 3.05) is 14.2 Å². The molecule has 0 amide bonds. The summed E-state index contributed by atoms with van der Waals surface area (Å²) in [6.45, 7) is 0. The van der Waals surface area contributed by atoms with Gasteiger partial charge in [0.25, 0.3) is 0 Å². The molecule has 0 saturated carbocycles. The first kappa shape index (κ1) is 14.8. The van der Waals surface area contributed by atoms with E-state index in [2.05, 4.69) is 12.1 Å². The maximum absolute atomic E-state index is 12.8. The largest absolute Gasteiger partial charge is 0.496 e. The summed E-state index contributed by atoms with van der Waals surface area (Å²) in [6, 6.07) is 17.8. The van der Waals surface area contributed by atoms with Crippen molar-refractivity contribution in [1.82, 2.24) is 0 Å². The summed E-state index contributed by atoms with van der Waals surface area (Å²) >= 11 is 0. The van der Waals surface area contributed by atoms with Gasteiger partial charge < -0.3 is 9.47 Å². The minimum atomic E-state index is -0.00282. The highest BCUT2D eigenvalue weighted by molar-refractivity contribution is 6.14. The van der Waals surface area contributed by atoms with Crippen LogP contribution in [0, 0.1) is 0 Å². The van der Waals surface area contributed by atoms with Crippen molar-refractivity contribution in [3.63, 3.8) is 0 Å². The Morgan fingerprint density at radius 1 is 0.875 bits per heavy atom. The second-order valence-electron chi connectivity index (χ2n) is 6.01. The number of hydrogen-bond donors (Lipinski definition) is 0. The third-order valence-electron chi connectivity index (χ3n) is 4.82. The Kier molecular flexibility index (Phi) is 3.49. The molecule has 0 fully saturated rings. The number of benzene rings is 3. The predicted octanol–water partition coefficient (Wildman–Crippen LogP) is 4.58. The Hall–Kier alpha value is -2.81. The zero-order valence-corrected chi connectivity index (χ0v) is 13.7. The normalized spacial score (nSPS) is 16.2. The third-order valence-corrected chi connectivity index (χ3v) is 4.82. The van der Waals surface area contributed by atoms with Gasteiger partial charge in [-0.3, -0.25) is 4.79 Å². The van der Waals surface area contributed by atoms with Crippen molar-refractivity contribution in [3.8, 4) is 11.5 Å². The van der Waals surface area contributed by atoms with Crippen molar-refractivity contribution >= 4 is 16.6 Å². The molecule has 0 heterocycles. The van der Waals surface area contributed by atoms with Crippen molar-refractivity contribution < 1.29 is 14.3 Å². The van der Waals surface area contributed by atoms with Gasteiger partial charge in [-0.25, -0.2) is 0 Å². The van der Waals surface area contributed by atoms with E-state index in [0.29, 0.717) is 6.42 Å². The molecule has 0 aromatic heterocycles. The fourth-order valence-corrected chi connectivity index (χ4v) is 3.73. The van der Waals surface area contributed by atoms with Crippen molar-refractivity contribution in [3.05, 3.63) is 71.3 Å². The lowest BCUT2D eigenvalue weighted by Gasteiger charge is -2.27. The summed E-state index contributed by atoms with van der Waals surface area (Å²) in [5.41, 5.74) is 2.96. The monoisotopic (exact) mass is 318 g/mol. The lowest BCUT2D eigenvalue weighted by molar-refractivity contribution is 0.0976. The first-order valence-corrected chi connectivity index (χ1v) is 8.00. The van der Waals surface area contributed by atoms with Crippen molar-refractivity contribution in [2.24, 2.45) is 0 Å². The van der Waals surface area contributed by atoms with Gasteiger partial charge in [0.2, 0.25) is 0 Å². The van der Waals surface area contributed by atoms with Crippen LogP contribution < -0.4 is 9.47 Å². The van der Waals surface area contributed by atoms with Gasteiger partial charge in [0, 0.05) is 34.2 Å². The first-order valence-electron chi connectivity index (χ1n) is 8.00. The van der Waals surface area contributed by atoms with Gasteiger partial charge in [-0.05, 0) is 29.8 Å². The Bertz CT molecular complexity index is 929. The smallest absolute Gasteiger partial charge is 0.164 e. The fourth-order valence-electron chi connectivity index (χ4n) is 3.73. The molecule has 0 radical (unpaired) electrons. The summed E-state index contributed by atoms with van der Waals surface area (Å²) in [7, 11) is 3.33. The maximum Gasteiger partial charge on any atom is 0.164 e. The molecule has 3 nitrogen and oxygen atoms in total. The van der Waals surface area contributed by atoms with Crippen LogP contribution in [0.5, 0.6) is 11.5 Å². The summed E-state index contributed by atoms with van der Waals surface area (Å²) < 4.78 is 11.1. The van der Waals surface area contributed by atoms with E-state index in [4.69, 9.17) is 9.47 Å². The van der Waals surface area contributed by atoms with Gasteiger partial charge in [0.1, 0.15) is 11.5 Å². The van der Waals surface area contributed by atoms with Crippen molar-refractivity contribution in [1.29, 1.82) is 0 Å². The van der Waals surface area contributed by atoms with E-state index < -0.39 is 0 Å². The average Bonchev–Trinajstić information content (AvgIpc) is 2.64. The molecule has 3 heteroatoms. The topological polar surface area (TPSA) is 35.5 Å². The molecule has 1 aliphatic rings. The molecule has 3 aromatic carbocycles. The lowest BCUT2D eigenvalue weighted by atomic mass is 9.76. The van der Waals surface area contributed by atoms with E-state index in [1.54, 1.807) is 14.2 Å². The highest BCUT2D eigenvalue weighted by atomic mass is 16.5. The lowest BCUT2D eigenvalue weighted by Crippen LogP contribution is -2.17. The Morgan fingerprint density at radius 3 is 2.29 bits per heavy atom. The van der Waals surface area contributed by atoms with Crippen LogP contribution in [0.2, 0.25) is 0 Å². The SMILES string of the molecule is COc1ccc2c(OC)ccc3c2c1[C@@H](c1ccccc1)CC3=O. The number of carbonyl (C=O) groups excluding carboxylic acids is 1. The zero-order chi connectivity index (χ0) is 16.7. The highest BCUT2D eigenvalue weighted by Gasteiger charge is 2.32. The van der Waals surface area contributed by atoms with Crippen LogP contribution in [0.3, 0.4) is 0 Å². The van der Waals surface area contributed by atoms with Gasteiger partial charge in [0.05, 0.1) is 14.2 Å². The average molecular weight is 318 g/mol. The van der Waals surface area contributed by atoms with E-state index in [1.807, 2.05) is 42.5 Å². The Balaban J connectivity index is 2.10. The molecule has 0 N–H and O–H groups in total. The molecule has 24 heavy (non-hydrogen) atoms. The van der Waals surface area contributed by atoms with E-state index in [0.717, 1.165) is 39.0 Å². The number of carbonyl (C=O) groups is 1. The summed E-state index contributed by atoms with van der Waals surface area (Å²) in [4.78, 5) is 12.8. The quantitative estimate of drug-likeness (QED) is 0.709. The van der Waals surface area contributed by atoms with Gasteiger partial charge in [0.15, 0.2) is 5.78 Å². The third kappa shape index (κ3) is 2.08. The van der Waals surface area contributed by atoms with Gasteiger partial charge in [-0.2, -0.15) is 0 Å². The van der Waals surface area contributed by atoms with E-state index in [1.165, 1.54) is 0 Å². The highest BCUT2D eigenvalue weighted by Crippen LogP contribution is 2.46. The number of methoxy groups -OCH3 is 2. The molecule has 0 spiro atoms. The van der Waals surface area contributed by atoms with Crippen LogP contribution in [-0.4, -0.2) is 20.0 Å². The van der Waals surface area contributed by atoms with Gasteiger partial charge in [-0.1, -0.05) is 30.3 Å². The van der Waals surface area contributed by atoms with Crippen LogP contribution in [0.15, 0.2) is 54.6 Å². The van der Waals surface area contributed by atoms with Crippen LogP contribution in [0.4, 0.5) is 0 Å². The first-order chi connectivity index (χ1) is 11.7. The minimum absolute atomic E-state index is 0.00282. The van der Waals surface area contributed by atoms with Crippen LogP contribution in [0.25, 0.3) is 10.8 Å². The molecule has 120 valence electrons. The molecule has 1 aliphatic carbocycles. The van der Waals surface area contributed by atoms with Crippen molar-refractivity contribution in [2.45, 2.75) is 12.3 Å². The Labute approximate surface area is 140 Å². The minimum Gasteiger partial charge on any atom is -0.496 e. The summed E-state index contributed by atoms with van der Waals surface area (Å²) in [6.07, 6.45) is 0.457. The van der Waals surface area contributed by atoms with Crippen LogP contribution in [-0.2, 0) is 0 Å². The molecule has 0 saturated heterocycles. The standard InChI is InChI=1S/C21H18O3/c1-23-18-10-8-14-17(22)12-16(13-6-4-3-5-7-13)21-19(24-2)11-9-15(18)20(14)21/h3-11,16H,12H2,1-2H3/t16-/m1/s1.